The molecule has 6 atom stereocenters. The standard InChI is InChI=1S/C21H31O5.ClH.Hg/c1-6-17(22-11-1)16-18(7-2-12-23-18)20(9-4-14-25-20)21(10-5-15-26-21)19(17)8-3-13-24-19;;/h16H,1-15H2;1H;/q;;+1/p-1/t17-,18-,19-,20+,21?;;/m0../s1. The van der Waals surface area contributed by atoms with E-state index in [-0.39, 0.29) is 14.6 Å². The normalized spacial score (nSPS) is 55.5. The first-order valence-corrected chi connectivity index (χ1v) is 21.4. The van der Waals surface area contributed by atoms with Crippen LogP contribution in [0.1, 0.15) is 64.2 Å². The van der Waals surface area contributed by atoms with Crippen molar-refractivity contribution in [3.8, 4) is 0 Å². The van der Waals surface area contributed by atoms with Crippen molar-refractivity contribution in [2.24, 2.45) is 0 Å². The Morgan fingerprint density at radius 3 is 1.25 bits per heavy atom. The summed E-state index contributed by atoms with van der Waals surface area (Å²) in [5.41, 5.74) is -1.97. The fraction of sp³-hybridized carbons (Fsp3) is 1.00. The fourth-order valence-corrected chi connectivity index (χ4v) is 19.9. The Labute approximate surface area is 183 Å². The van der Waals surface area contributed by atoms with E-state index in [2.05, 4.69) is 0 Å². The van der Waals surface area contributed by atoms with Crippen LogP contribution in [0.3, 0.4) is 0 Å². The zero-order valence-electron chi connectivity index (χ0n) is 16.8. The SMILES string of the molecule is [Cl][Hg][CH]1[C@@]2(CCCO2)[C@]2(CCCO2)C2(CCCO2)[C@]2(CCCO2)[C@]12CCCO2. The molecule has 5 nitrogen and oxygen atoms in total. The Balaban J connectivity index is 1.66. The number of hydrogen-bond acceptors (Lipinski definition) is 5. The summed E-state index contributed by atoms with van der Waals surface area (Å²) in [6.45, 7) is 4.01. The van der Waals surface area contributed by atoms with Crippen LogP contribution < -0.4 is 0 Å². The second kappa shape index (κ2) is 6.76. The molecule has 0 N–H and O–H groups in total. The summed E-state index contributed by atoms with van der Waals surface area (Å²) < 4.78 is 34.6. The monoisotopic (exact) mass is 600 g/mol. The van der Waals surface area contributed by atoms with Crippen LogP contribution in [0.25, 0.3) is 0 Å². The molecule has 1 saturated carbocycles. The third-order valence-corrected chi connectivity index (χ3v) is 18.2. The van der Waals surface area contributed by atoms with Gasteiger partial charge in [0.05, 0.1) is 0 Å². The van der Waals surface area contributed by atoms with E-state index in [0.29, 0.717) is 0 Å². The topological polar surface area (TPSA) is 46.2 Å². The first kappa shape index (κ1) is 19.7. The molecule has 5 aliphatic heterocycles. The van der Waals surface area contributed by atoms with Gasteiger partial charge in [0.25, 0.3) is 0 Å². The Bertz CT molecular complexity index is 566. The van der Waals surface area contributed by atoms with Crippen LogP contribution in [0.4, 0.5) is 0 Å². The second-order valence-corrected chi connectivity index (χ2v) is 16.8. The van der Waals surface area contributed by atoms with Crippen LogP contribution in [0.15, 0.2) is 0 Å². The predicted molar refractivity (Wildman–Crippen MR) is 99.2 cm³/mol. The van der Waals surface area contributed by atoms with Crippen LogP contribution in [-0.4, -0.2) is 61.0 Å². The molecule has 0 amide bonds. The van der Waals surface area contributed by atoms with E-state index in [1.807, 2.05) is 0 Å². The van der Waals surface area contributed by atoms with Gasteiger partial charge >= 0.3 is 184 Å². The molecule has 2 unspecified atom stereocenters. The van der Waals surface area contributed by atoms with E-state index < -0.39 is 40.1 Å². The average molecular weight is 600 g/mol. The number of halogens is 1. The molecule has 7 heteroatoms. The maximum atomic E-state index is 7.05. The number of hydrogen-bond donors (Lipinski definition) is 0. The quantitative estimate of drug-likeness (QED) is 0.430. The van der Waals surface area contributed by atoms with Crippen molar-refractivity contribution < 1.29 is 47.0 Å². The van der Waals surface area contributed by atoms with Gasteiger partial charge in [-0.2, -0.15) is 0 Å². The molecule has 154 valence electrons. The molecule has 28 heavy (non-hydrogen) atoms. The van der Waals surface area contributed by atoms with Gasteiger partial charge in [-0.15, -0.1) is 0 Å². The molecule has 5 spiro atoms. The average Bonchev–Trinajstić information content (AvgIpc) is 3.54. The first-order chi connectivity index (χ1) is 13.7. The zero-order valence-corrected chi connectivity index (χ0v) is 23.1. The number of rotatable bonds is 1. The Morgan fingerprint density at radius 1 is 0.536 bits per heavy atom. The third kappa shape index (κ3) is 1.99. The molecular formula is C21H31ClHgO5. The van der Waals surface area contributed by atoms with Gasteiger partial charge in [0.15, 0.2) is 0 Å². The van der Waals surface area contributed by atoms with Gasteiger partial charge in [-0.05, 0) is 0 Å². The van der Waals surface area contributed by atoms with Crippen molar-refractivity contribution in [3.63, 3.8) is 0 Å². The molecule has 0 aromatic heterocycles. The van der Waals surface area contributed by atoms with E-state index in [1.165, 1.54) is 0 Å². The maximum absolute atomic E-state index is 7.05. The summed E-state index contributed by atoms with van der Waals surface area (Å²) in [4.78, 5) is 0. The number of fused-ring (bicyclic) bond motifs is 4. The molecule has 0 bridgehead atoms. The Kier molecular flexibility index (Phi) is 4.75. The van der Waals surface area contributed by atoms with Crippen molar-refractivity contribution in [1.29, 1.82) is 0 Å². The summed E-state index contributed by atoms with van der Waals surface area (Å²) in [5.74, 6) is 0. The van der Waals surface area contributed by atoms with Gasteiger partial charge in [0.2, 0.25) is 0 Å². The molecule has 5 heterocycles. The van der Waals surface area contributed by atoms with Gasteiger partial charge in [-0.25, -0.2) is 0 Å². The van der Waals surface area contributed by atoms with Crippen LogP contribution in [-0.2, 0) is 47.0 Å². The molecule has 0 radical (unpaired) electrons. The Hall–Kier alpha value is 1.03. The summed E-state index contributed by atoms with van der Waals surface area (Å²) in [7, 11) is 7.05. The molecule has 6 fully saturated rings. The van der Waals surface area contributed by atoms with Crippen LogP contribution in [0.5, 0.6) is 0 Å². The van der Waals surface area contributed by atoms with E-state index in [0.717, 1.165) is 97.2 Å². The van der Waals surface area contributed by atoms with Crippen LogP contribution in [0, 0.1) is 0 Å². The van der Waals surface area contributed by atoms with Crippen molar-refractivity contribution in [1.82, 2.24) is 0 Å². The van der Waals surface area contributed by atoms with Gasteiger partial charge in [-0.3, -0.25) is 0 Å². The molecule has 0 aromatic carbocycles. The van der Waals surface area contributed by atoms with Crippen molar-refractivity contribution in [2.45, 2.75) is 95.6 Å². The first-order valence-electron chi connectivity index (χ1n) is 11.5. The molecule has 5 saturated heterocycles. The van der Waals surface area contributed by atoms with Gasteiger partial charge < -0.3 is 0 Å². The van der Waals surface area contributed by atoms with E-state index in [1.54, 1.807) is 0 Å². The van der Waals surface area contributed by atoms with E-state index >= 15 is 0 Å². The third-order valence-electron chi connectivity index (χ3n) is 9.12. The van der Waals surface area contributed by atoms with Crippen LogP contribution >= 0.6 is 8.25 Å². The summed E-state index contributed by atoms with van der Waals surface area (Å²) in [5, 5.41) is 0. The summed E-state index contributed by atoms with van der Waals surface area (Å²) >= 11 is -1.85. The molecule has 1 aliphatic carbocycles. The minimum atomic E-state index is -1.85. The zero-order chi connectivity index (χ0) is 18.9. The molecular weight excluding hydrogens is 568 g/mol. The Morgan fingerprint density at radius 2 is 0.929 bits per heavy atom. The summed E-state index contributed by atoms with van der Waals surface area (Å²) in [6.07, 6.45) is 10.5. The van der Waals surface area contributed by atoms with E-state index in [9.17, 15) is 0 Å². The molecule has 0 aromatic rings. The van der Waals surface area contributed by atoms with Gasteiger partial charge in [0, 0.05) is 0 Å². The minimum absolute atomic E-state index is 0.290. The molecule has 6 aliphatic rings. The second-order valence-electron chi connectivity index (χ2n) is 9.73. The van der Waals surface area contributed by atoms with Crippen molar-refractivity contribution in [2.75, 3.05) is 33.0 Å². The summed E-state index contributed by atoms with van der Waals surface area (Å²) in [6, 6.07) is 0. The van der Waals surface area contributed by atoms with Gasteiger partial charge in [0.1, 0.15) is 0 Å². The van der Waals surface area contributed by atoms with Crippen LogP contribution in [0.2, 0.25) is 3.43 Å². The van der Waals surface area contributed by atoms with E-state index in [4.69, 9.17) is 31.9 Å². The molecule has 6 rings (SSSR count). The van der Waals surface area contributed by atoms with Crippen molar-refractivity contribution >= 4 is 8.25 Å². The number of ether oxygens (including phenoxy) is 5. The predicted octanol–water partition coefficient (Wildman–Crippen LogP) is 3.77. The van der Waals surface area contributed by atoms with Gasteiger partial charge in [-0.1, -0.05) is 0 Å². The fourth-order valence-electron chi connectivity index (χ4n) is 8.57. The van der Waals surface area contributed by atoms with Crippen molar-refractivity contribution in [3.05, 3.63) is 0 Å².